The molecule has 0 saturated carbocycles. The molecule has 2 N–H and O–H groups in total. The number of hydrogen-bond acceptors (Lipinski definition) is 5. The number of nitrogens with two attached hydrogens (primary N) is 1. The van der Waals surface area contributed by atoms with Gasteiger partial charge in [0.2, 0.25) is 5.91 Å². The number of primary amides is 1. The van der Waals surface area contributed by atoms with Gasteiger partial charge in [-0.3, -0.25) is 9.69 Å². The van der Waals surface area contributed by atoms with E-state index in [0.717, 1.165) is 51.0 Å². The smallest absolute Gasteiger partial charge is 0.223 e. The van der Waals surface area contributed by atoms with Crippen LogP contribution in [0, 0.1) is 23.2 Å². The number of rotatable bonds is 5. The van der Waals surface area contributed by atoms with E-state index in [0.29, 0.717) is 18.2 Å². The summed E-state index contributed by atoms with van der Waals surface area (Å²) in [4.78, 5) is 18.2. The fraction of sp³-hybridized carbons (Fsp3) is 0.611. The summed E-state index contributed by atoms with van der Waals surface area (Å²) in [7, 11) is 0. The fourth-order valence-electron chi connectivity index (χ4n) is 3.77. The van der Waals surface area contributed by atoms with Gasteiger partial charge in [-0.15, -0.1) is 0 Å². The third-order valence-electron chi connectivity index (χ3n) is 5.15. The number of pyridine rings is 1. The molecule has 2 saturated heterocycles. The minimum absolute atomic E-state index is 0.00743. The third-order valence-corrected chi connectivity index (χ3v) is 5.15. The number of likely N-dealkylation sites (tertiary alicyclic amines) is 1. The summed E-state index contributed by atoms with van der Waals surface area (Å²) >= 11 is 0. The normalized spacial score (nSPS) is 25.5. The summed E-state index contributed by atoms with van der Waals surface area (Å²) in [6, 6.07) is 7.67. The van der Waals surface area contributed by atoms with E-state index in [4.69, 9.17) is 15.7 Å². The Hall–Kier alpha value is -1.97. The lowest BCUT2D eigenvalue weighted by Gasteiger charge is -2.33. The number of aromatic nitrogens is 1. The van der Waals surface area contributed by atoms with Gasteiger partial charge < -0.3 is 10.5 Å². The number of carbonyl (C=O) groups excluding carboxylic acids is 1. The van der Waals surface area contributed by atoms with Crippen LogP contribution < -0.4 is 5.73 Å². The Kier molecular flexibility index (Phi) is 5.44. The lowest BCUT2D eigenvalue weighted by atomic mass is 9.86. The number of nitrogens with zero attached hydrogens (tertiary/aromatic N) is 3. The number of carbonyl (C=O) groups is 1. The number of nitriles is 1. The van der Waals surface area contributed by atoms with Crippen LogP contribution in [0.2, 0.25) is 0 Å². The zero-order valence-corrected chi connectivity index (χ0v) is 13.9. The first-order valence-electron chi connectivity index (χ1n) is 8.65. The van der Waals surface area contributed by atoms with Crippen LogP contribution >= 0.6 is 0 Å². The minimum atomic E-state index is -0.224. The average molecular weight is 328 g/mol. The molecular formula is C18H24N4O2. The molecule has 2 atom stereocenters. The molecule has 0 unspecified atom stereocenters. The molecule has 0 aromatic carbocycles. The van der Waals surface area contributed by atoms with Gasteiger partial charge in [-0.1, -0.05) is 6.07 Å². The van der Waals surface area contributed by atoms with Crippen molar-refractivity contribution < 1.29 is 9.53 Å². The topological polar surface area (TPSA) is 92.2 Å². The van der Waals surface area contributed by atoms with Gasteiger partial charge in [0.1, 0.15) is 11.8 Å². The molecular weight excluding hydrogens is 304 g/mol. The molecule has 3 rings (SSSR count). The molecule has 0 aliphatic carbocycles. The van der Waals surface area contributed by atoms with Crippen molar-refractivity contribution in [1.29, 1.82) is 5.26 Å². The van der Waals surface area contributed by atoms with E-state index in [1.165, 1.54) is 0 Å². The second kappa shape index (κ2) is 7.73. The van der Waals surface area contributed by atoms with E-state index in [9.17, 15) is 4.79 Å². The third kappa shape index (κ3) is 4.11. The van der Waals surface area contributed by atoms with Gasteiger partial charge in [0, 0.05) is 13.2 Å². The Bertz CT molecular complexity index is 620. The largest absolute Gasteiger partial charge is 0.377 e. The predicted molar refractivity (Wildman–Crippen MR) is 88.6 cm³/mol. The molecule has 0 radical (unpaired) electrons. The van der Waals surface area contributed by atoms with Gasteiger partial charge in [-0.25, -0.2) is 4.98 Å². The quantitative estimate of drug-likeness (QED) is 0.883. The van der Waals surface area contributed by atoms with E-state index in [1.807, 2.05) is 12.1 Å². The Morgan fingerprint density at radius 2 is 2.17 bits per heavy atom. The second-order valence-corrected chi connectivity index (χ2v) is 6.79. The van der Waals surface area contributed by atoms with Crippen LogP contribution in [0.1, 0.15) is 37.1 Å². The van der Waals surface area contributed by atoms with Gasteiger partial charge in [0.05, 0.1) is 17.7 Å². The van der Waals surface area contributed by atoms with Crippen molar-refractivity contribution in [3.8, 4) is 6.07 Å². The molecule has 2 aliphatic heterocycles. The van der Waals surface area contributed by atoms with Crippen molar-refractivity contribution in [2.75, 3.05) is 19.7 Å². The van der Waals surface area contributed by atoms with Gasteiger partial charge in [0.25, 0.3) is 0 Å². The van der Waals surface area contributed by atoms with Crippen LogP contribution in [-0.4, -0.2) is 41.6 Å². The Labute approximate surface area is 142 Å². The van der Waals surface area contributed by atoms with E-state index in [2.05, 4.69) is 16.0 Å². The summed E-state index contributed by atoms with van der Waals surface area (Å²) < 4.78 is 5.72. The van der Waals surface area contributed by atoms with Crippen molar-refractivity contribution in [3.63, 3.8) is 0 Å². The van der Waals surface area contributed by atoms with Crippen LogP contribution in [0.15, 0.2) is 18.2 Å². The highest BCUT2D eigenvalue weighted by molar-refractivity contribution is 5.77. The van der Waals surface area contributed by atoms with Crippen LogP contribution in [0.3, 0.4) is 0 Å². The molecule has 1 amide bonds. The molecule has 1 aromatic heterocycles. The van der Waals surface area contributed by atoms with Crippen molar-refractivity contribution in [1.82, 2.24) is 9.88 Å². The Morgan fingerprint density at radius 1 is 1.38 bits per heavy atom. The van der Waals surface area contributed by atoms with E-state index < -0.39 is 0 Å². The summed E-state index contributed by atoms with van der Waals surface area (Å²) in [5.74, 6) is 0.254. The average Bonchev–Trinajstić information content (AvgIpc) is 3.05. The second-order valence-electron chi connectivity index (χ2n) is 6.79. The SMILES string of the molecule is N#Cc1cccc(CN2CCC(C[C@H]3OCC[C@H]3C(N)=O)CC2)n1. The first-order chi connectivity index (χ1) is 11.7. The van der Waals surface area contributed by atoms with E-state index >= 15 is 0 Å². The molecule has 24 heavy (non-hydrogen) atoms. The molecule has 0 spiro atoms. The van der Waals surface area contributed by atoms with Gasteiger partial charge in [-0.05, 0) is 56.8 Å². The maximum atomic E-state index is 11.5. The molecule has 1 aromatic rings. The fourth-order valence-corrected chi connectivity index (χ4v) is 3.77. The Morgan fingerprint density at radius 3 is 2.88 bits per heavy atom. The van der Waals surface area contributed by atoms with Crippen molar-refractivity contribution >= 4 is 5.91 Å². The monoisotopic (exact) mass is 328 g/mol. The van der Waals surface area contributed by atoms with Crippen LogP contribution in [0.5, 0.6) is 0 Å². The molecule has 2 fully saturated rings. The summed E-state index contributed by atoms with van der Waals surface area (Å²) in [6.07, 6.45) is 3.91. The lowest BCUT2D eigenvalue weighted by molar-refractivity contribution is -0.123. The highest BCUT2D eigenvalue weighted by Crippen LogP contribution is 2.30. The molecule has 2 aliphatic rings. The maximum absolute atomic E-state index is 11.5. The Balaban J connectivity index is 1.47. The molecule has 6 nitrogen and oxygen atoms in total. The lowest BCUT2D eigenvalue weighted by Crippen LogP contribution is -2.37. The highest BCUT2D eigenvalue weighted by Gasteiger charge is 2.35. The zero-order valence-electron chi connectivity index (χ0n) is 13.9. The summed E-state index contributed by atoms with van der Waals surface area (Å²) in [5.41, 5.74) is 6.88. The van der Waals surface area contributed by atoms with Gasteiger partial charge in [-0.2, -0.15) is 5.26 Å². The molecule has 6 heteroatoms. The van der Waals surface area contributed by atoms with E-state index in [1.54, 1.807) is 6.07 Å². The predicted octanol–water partition coefficient (Wildman–Crippen LogP) is 1.45. The first-order valence-corrected chi connectivity index (χ1v) is 8.65. The van der Waals surface area contributed by atoms with Gasteiger partial charge >= 0.3 is 0 Å². The van der Waals surface area contributed by atoms with Crippen molar-refractivity contribution in [2.45, 2.75) is 38.3 Å². The number of amides is 1. The minimum Gasteiger partial charge on any atom is -0.377 e. The number of ether oxygens (including phenoxy) is 1. The highest BCUT2D eigenvalue weighted by atomic mass is 16.5. The summed E-state index contributed by atoms with van der Waals surface area (Å²) in [6.45, 7) is 3.46. The van der Waals surface area contributed by atoms with Crippen LogP contribution in [0.25, 0.3) is 0 Å². The van der Waals surface area contributed by atoms with Crippen molar-refractivity contribution in [3.05, 3.63) is 29.6 Å². The number of hydrogen-bond donors (Lipinski definition) is 1. The van der Waals surface area contributed by atoms with E-state index in [-0.39, 0.29) is 17.9 Å². The molecule has 0 bridgehead atoms. The summed E-state index contributed by atoms with van der Waals surface area (Å²) in [5, 5.41) is 8.93. The van der Waals surface area contributed by atoms with Gasteiger partial charge in [0.15, 0.2) is 0 Å². The maximum Gasteiger partial charge on any atom is 0.223 e. The molecule has 128 valence electrons. The standard InChI is InChI=1S/C18H24N4O2/c19-11-14-2-1-3-15(21-14)12-22-7-4-13(5-8-22)10-17-16(18(20)23)6-9-24-17/h1-3,13,16-17H,4-10,12H2,(H2,20,23)/t16-,17-/m1/s1. The molecule has 3 heterocycles. The first kappa shape index (κ1) is 16.9. The number of piperidine rings is 1. The van der Waals surface area contributed by atoms with Crippen LogP contribution in [0.4, 0.5) is 0 Å². The van der Waals surface area contributed by atoms with Crippen molar-refractivity contribution in [2.24, 2.45) is 17.6 Å². The van der Waals surface area contributed by atoms with Crippen LogP contribution in [-0.2, 0) is 16.1 Å². The zero-order chi connectivity index (χ0) is 16.9.